The molecular formula is C20H22ClN5O2. The van der Waals surface area contributed by atoms with E-state index >= 15 is 0 Å². The molecule has 3 rings (SSSR count). The van der Waals surface area contributed by atoms with E-state index in [0.29, 0.717) is 22.8 Å². The summed E-state index contributed by atoms with van der Waals surface area (Å²) in [4.78, 5) is 32.3. The minimum absolute atomic E-state index is 0.0754. The molecule has 3 amide bonds. The van der Waals surface area contributed by atoms with Gasteiger partial charge in [0, 0.05) is 44.5 Å². The van der Waals surface area contributed by atoms with E-state index < -0.39 is 0 Å². The summed E-state index contributed by atoms with van der Waals surface area (Å²) in [5.74, 6) is 0.645. The second kappa shape index (κ2) is 7.90. The molecule has 1 heterocycles. The third kappa shape index (κ3) is 4.09. The Kier molecular flexibility index (Phi) is 5.56. The largest absolute Gasteiger partial charge is 0.345 e. The molecule has 0 radical (unpaired) electrons. The highest BCUT2D eigenvalue weighted by atomic mass is 35.5. The van der Waals surface area contributed by atoms with Crippen molar-refractivity contribution >= 4 is 40.3 Å². The number of rotatable bonds is 4. The smallest absolute Gasteiger partial charge is 0.321 e. The van der Waals surface area contributed by atoms with E-state index in [9.17, 15) is 9.59 Å². The second-order valence-corrected chi connectivity index (χ2v) is 7.22. The fourth-order valence-corrected chi connectivity index (χ4v) is 2.94. The summed E-state index contributed by atoms with van der Waals surface area (Å²) in [5.41, 5.74) is 2.86. The Hall–Kier alpha value is -3.06. The first kappa shape index (κ1) is 19.7. The number of aromatic nitrogens is 2. The van der Waals surface area contributed by atoms with Crippen LogP contribution in [0.2, 0.25) is 5.02 Å². The van der Waals surface area contributed by atoms with Crippen molar-refractivity contribution in [2.24, 2.45) is 7.05 Å². The number of hydrogen-bond acceptors (Lipinski definition) is 3. The highest BCUT2D eigenvalue weighted by Gasteiger charge is 2.16. The summed E-state index contributed by atoms with van der Waals surface area (Å²) < 4.78 is 1.92. The fraction of sp³-hybridized carbons (Fsp3) is 0.250. The molecule has 0 bridgehead atoms. The van der Waals surface area contributed by atoms with Crippen LogP contribution < -0.4 is 5.32 Å². The first-order chi connectivity index (χ1) is 13.3. The molecule has 0 saturated carbocycles. The highest BCUT2D eigenvalue weighted by Crippen LogP contribution is 2.19. The molecule has 3 aromatic rings. The number of aryl methyl sites for hydroxylation is 1. The predicted molar refractivity (Wildman–Crippen MR) is 111 cm³/mol. The third-order valence-electron chi connectivity index (χ3n) is 4.45. The van der Waals surface area contributed by atoms with Gasteiger partial charge in [0.25, 0.3) is 5.91 Å². The first-order valence-corrected chi connectivity index (χ1v) is 9.08. The molecule has 0 atom stereocenters. The van der Waals surface area contributed by atoms with E-state index in [0.717, 1.165) is 16.9 Å². The lowest BCUT2D eigenvalue weighted by molar-refractivity contribution is 0.0827. The monoisotopic (exact) mass is 399 g/mol. The van der Waals surface area contributed by atoms with Gasteiger partial charge in [0.15, 0.2) is 0 Å². The topological polar surface area (TPSA) is 70.5 Å². The van der Waals surface area contributed by atoms with Gasteiger partial charge in [0.05, 0.1) is 17.6 Å². The maximum atomic E-state index is 12.4. The summed E-state index contributed by atoms with van der Waals surface area (Å²) in [7, 11) is 7.02. The molecule has 146 valence electrons. The number of urea groups is 1. The van der Waals surface area contributed by atoms with Crippen molar-refractivity contribution in [2.45, 2.75) is 6.54 Å². The minimum atomic E-state index is -0.252. The van der Waals surface area contributed by atoms with Gasteiger partial charge in [0.2, 0.25) is 0 Å². The van der Waals surface area contributed by atoms with E-state index in [2.05, 4.69) is 10.3 Å². The number of nitrogens with zero attached hydrogens (tertiary/aromatic N) is 4. The number of fused-ring (bicyclic) bond motifs is 1. The summed E-state index contributed by atoms with van der Waals surface area (Å²) in [6.45, 7) is 0.321. The van der Waals surface area contributed by atoms with Crippen molar-refractivity contribution in [3.63, 3.8) is 0 Å². The number of anilines is 1. The predicted octanol–water partition coefficient (Wildman–Crippen LogP) is 3.59. The Labute approximate surface area is 168 Å². The van der Waals surface area contributed by atoms with Crippen LogP contribution in [0.25, 0.3) is 11.0 Å². The van der Waals surface area contributed by atoms with Gasteiger partial charge in [-0.1, -0.05) is 11.6 Å². The maximum absolute atomic E-state index is 12.4. The average Bonchev–Trinajstić information content (AvgIpc) is 2.97. The van der Waals surface area contributed by atoms with Crippen molar-refractivity contribution in [3.05, 3.63) is 58.9 Å². The molecule has 8 heteroatoms. The van der Waals surface area contributed by atoms with Gasteiger partial charge >= 0.3 is 6.03 Å². The molecule has 0 unspecified atom stereocenters. The van der Waals surface area contributed by atoms with Gasteiger partial charge in [0.1, 0.15) is 5.82 Å². The number of carbonyl (C=O) groups excluding carboxylic acids is 2. The number of nitrogens with one attached hydrogen (secondary N) is 1. The normalized spacial score (nSPS) is 10.8. The van der Waals surface area contributed by atoms with Crippen LogP contribution >= 0.6 is 11.6 Å². The summed E-state index contributed by atoms with van der Waals surface area (Å²) in [6, 6.07) is 12.1. The highest BCUT2D eigenvalue weighted by molar-refractivity contribution is 6.30. The summed E-state index contributed by atoms with van der Waals surface area (Å²) in [5, 5.41) is 3.43. The van der Waals surface area contributed by atoms with Crippen molar-refractivity contribution in [1.82, 2.24) is 19.4 Å². The molecule has 1 N–H and O–H groups in total. The number of amides is 3. The van der Waals surface area contributed by atoms with Crippen molar-refractivity contribution in [2.75, 3.05) is 26.5 Å². The van der Waals surface area contributed by atoms with E-state index in [-0.39, 0.29) is 11.9 Å². The van der Waals surface area contributed by atoms with E-state index in [4.69, 9.17) is 11.6 Å². The van der Waals surface area contributed by atoms with Gasteiger partial charge in [-0.3, -0.25) is 4.79 Å². The van der Waals surface area contributed by atoms with Gasteiger partial charge in [-0.15, -0.1) is 0 Å². The van der Waals surface area contributed by atoms with Crippen LogP contribution in [0, 0.1) is 0 Å². The molecule has 1 aromatic heterocycles. The van der Waals surface area contributed by atoms with Gasteiger partial charge in [-0.25, -0.2) is 9.78 Å². The SMILES string of the molecule is CN(C)C(=O)c1ccc2c(c1)nc(CN(C)C(=O)Nc1ccc(Cl)cc1)n2C. The van der Waals surface area contributed by atoms with E-state index in [1.807, 2.05) is 17.7 Å². The zero-order valence-corrected chi connectivity index (χ0v) is 17.0. The van der Waals surface area contributed by atoms with Crippen LogP contribution in [-0.4, -0.2) is 52.4 Å². The molecular weight excluding hydrogens is 378 g/mol. The van der Waals surface area contributed by atoms with Crippen LogP contribution in [0.4, 0.5) is 10.5 Å². The van der Waals surface area contributed by atoms with Crippen LogP contribution in [0.15, 0.2) is 42.5 Å². The van der Waals surface area contributed by atoms with Gasteiger partial charge in [-0.2, -0.15) is 0 Å². The number of benzene rings is 2. The van der Waals surface area contributed by atoms with Crippen molar-refractivity contribution in [1.29, 1.82) is 0 Å². The molecule has 7 nitrogen and oxygen atoms in total. The lowest BCUT2D eigenvalue weighted by Crippen LogP contribution is -2.31. The van der Waals surface area contributed by atoms with E-state index in [1.54, 1.807) is 62.4 Å². The Bertz CT molecular complexity index is 1030. The van der Waals surface area contributed by atoms with Crippen LogP contribution in [-0.2, 0) is 13.6 Å². The molecule has 0 aliphatic carbocycles. The average molecular weight is 400 g/mol. The quantitative estimate of drug-likeness (QED) is 0.728. The molecule has 0 saturated heterocycles. The van der Waals surface area contributed by atoms with Crippen molar-refractivity contribution in [3.8, 4) is 0 Å². The Morgan fingerprint density at radius 3 is 2.43 bits per heavy atom. The van der Waals surface area contributed by atoms with Crippen LogP contribution in [0.3, 0.4) is 0 Å². The molecule has 0 spiro atoms. The molecule has 0 aliphatic rings. The van der Waals surface area contributed by atoms with Crippen molar-refractivity contribution < 1.29 is 9.59 Å². The number of imidazole rings is 1. The summed E-state index contributed by atoms with van der Waals surface area (Å²) in [6.07, 6.45) is 0. The number of carbonyl (C=O) groups is 2. The standard InChI is InChI=1S/C20H22ClN5O2/c1-24(2)19(27)13-5-10-17-16(11-13)23-18(26(17)4)12-25(3)20(28)22-15-8-6-14(21)7-9-15/h5-11H,12H2,1-4H3,(H,22,28). The maximum Gasteiger partial charge on any atom is 0.321 e. The molecule has 28 heavy (non-hydrogen) atoms. The zero-order valence-electron chi connectivity index (χ0n) is 16.2. The molecule has 2 aromatic carbocycles. The lowest BCUT2D eigenvalue weighted by Gasteiger charge is -2.17. The van der Waals surface area contributed by atoms with Crippen LogP contribution in [0.1, 0.15) is 16.2 Å². The zero-order chi connectivity index (χ0) is 20.4. The van der Waals surface area contributed by atoms with Crippen LogP contribution in [0.5, 0.6) is 0 Å². The summed E-state index contributed by atoms with van der Waals surface area (Å²) >= 11 is 5.86. The Morgan fingerprint density at radius 1 is 1.11 bits per heavy atom. The van der Waals surface area contributed by atoms with Gasteiger partial charge < -0.3 is 19.7 Å². The lowest BCUT2D eigenvalue weighted by atomic mass is 10.2. The number of hydrogen-bond donors (Lipinski definition) is 1. The fourth-order valence-electron chi connectivity index (χ4n) is 2.82. The molecule has 0 aliphatic heterocycles. The first-order valence-electron chi connectivity index (χ1n) is 8.71. The van der Waals surface area contributed by atoms with Gasteiger partial charge in [-0.05, 0) is 42.5 Å². The second-order valence-electron chi connectivity index (χ2n) is 6.78. The number of halogens is 1. The van der Waals surface area contributed by atoms with E-state index in [1.165, 1.54) is 4.90 Å². The third-order valence-corrected chi connectivity index (χ3v) is 4.70. The Balaban J connectivity index is 1.77. The molecule has 0 fully saturated rings. The Morgan fingerprint density at radius 2 is 1.79 bits per heavy atom. The minimum Gasteiger partial charge on any atom is -0.345 e.